The topological polar surface area (TPSA) is 252 Å². The number of Topliss-reactive ketones (excluding diaryl/α,β-unsaturated/α-hetero) is 1. The number of ether oxygens (including phenoxy) is 5. The molecule has 20 nitrogen and oxygen atoms in total. The van der Waals surface area contributed by atoms with Gasteiger partial charge in [0.05, 0.1) is 37.0 Å². The predicted molar refractivity (Wildman–Crippen MR) is 273 cm³/mol. The number of fused-ring (bicyclic) bond motifs is 1. The van der Waals surface area contributed by atoms with Gasteiger partial charge in [-0.05, 0) is 81.0 Å². The van der Waals surface area contributed by atoms with Crippen LogP contribution >= 0.6 is 23.2 Å². The molecule has 3 aliphatic rings. The van der Waals surface area contributed by atoms with Crippen molar-refractivity contribution >= 4 is 69.6 Å². The fraction of sp³-hybridized carbons (Fsp3) is 0.490. The Hall–Kier alpha value is -5.41. The molecule has 0 unspecified atom stereocenters. The van der Waals surface area contributed by atoms with Crippen molar-refractivity contribution in [2.75, 3.05) is 108 Å². The summed E-state index contributed by atoms with van der Waals surface area (Å²) < 4.78 is 26.3. The Balaban J connectivity index is 0.000000353. The fourth-order valence-corrected chi connectivity index (χ4v) is 8.96. The van der Waals surface area contributed by atoms with Crippen LogP contribution in [-0.4, -0.2) is 134 Å². The number of rotatable bonds is 21. The van der Waals surface area contributed by atoms with E-state index in [0.29, 0.717) is 30.3 Å². The molecule has 0 saturated carbocycles. The van der Waals surface area contributed by atoms with Gasteiger partial charge in [0.1, 0.15) is 41.3 Å². The normalized spacial score (nSPS) is 14.2. The van der Waals surface area contributed by atoms with Crippen molar-refractivity contribution in [3.8, 4) is 11.8 Å². The molecular formula is C49H67Cl2N9O11Zn. The van der Waals surface area contributed by atoms with Crippen molar-refractivity contribution in [1.82, 2.24) is 19.8 Å². The van der Waals surface area contributed by atoms with E-state index >= 15 is 0 Å². The summed E-state index contributed by atoms with van der Waals surface area (Å²) in [5.41, 5.74) is 17.4. The average molecular weight is 1100 g/mol. The van der Waals surface area contributed by atoms with Crippen molar-refractivity contribution in [2.45, 2.75) is 72.1 Å². The molecule has 5 heterocycles. The van der Waals surface area contributed by atoms with Gasteiger partial charge in [0, 0.05) is 80.2 Å². The summed E-state index contributed by atoms with van der Waals surface area (Å²) in [4.78, 5) is 61.7. The van der Waals surface area contributed by atoms with Gasteiger partial charge in [-0.2, -0.15) is 9.97 Å². The van der Waals surface area contributed by atoms with Crippen LogP contribution < -0.4 is 30.7 Å². The van der Waals surface area contributed by atoms with E-state index < -0.39 is 22.5 Å². The van der Waals surface area contributed by atoms with Gasteiger partial charge in [-0.1, -0.05) is 71.7 Å². The molecule has 0 bridgehead atoms. The van der Waals surface area contributed by atoms with Crippen molar-refractivity contribution in [3.63, 3.8) is 0 Å². The zero-order chi connectivity index (χ0) is 51.5. The van der Waals surface area contributed by atoms with Crippen molar-refractivity contribution in [1.29, 1.82) is 0 Å². The van der Waals surface area contributed by atoms with E-state index in [-0.39, 0.29) is 107 Å². The quantitative estimate of drug-likeness (QED) is 0.0254. The van der Waals surface area contributed by atoms with Crippen LogP contribution in [0.4, 0.5) is 28.7 Å². The Bertz CT molecular complexity index is 2420. The molecule has 4 aromatic rings. The molecule has 2 fully saturated rings. The van der Waals surface area contributed by atoms with Crippen LogP contribution in [0.1, 0.15) is 68.8 Å². The number of ketones is 1. The van der Waals surface area contributed by atoms with Crippen molar-refractivity contribution in [2.24, 2.45) is 0 Å². The van der Waals surface area contributed by atoms with Crippen LogP contribution in [0.3, 0.4) is 0 Å². The molecule has 72 heavy (non-hydrogen) atoms. The second-order valence-corrected chi connectivity index (χ2v) is 17.8. The first-order valence-corrected chi connectivity index (χ1v) is 24.2. The molecule has 3 aliphatic heterocycles. The first-order valence-electron chi connectivity index (χ1n) is 23.4. The molecule has 0 atom stereocenters. The van der Waals surface area contributed by atoms with E-state index in [9.17, 15) is 19.7 Å². The first kappa shape index (κ1) is 59.2. The zero-order valence-corrected chi connectivity index (χ0v) is 46.0. The van der Waals surface area contributed by atoms with E-state index in [1.165, 1.54) is 61.9 Å². The molecule has 0 aliphatic carbocycles. The number of anilines is 4. The number of nitrogens with zero attached hydrogens (tertiary/aromatic N) is 7. The van der Waals surface area contributed by atoms with Gasteiger partial charge in [0.15, 0.2) is 5.78 Å². The Morgan fingerprint density at radius 3 is 1.72 bits per heavy atom. The largest absolute Gasteiger partial charge is 0.481 e. The van der Waals surface area contributed by atoms with Crippen molar-refractivity contribution in [3.05, 3.63) is 96.5 Å². The van der Waals surface area contributed by atoms with Crippen LogP contribution in [0.15, 0.2) is 48.5 Å². The van der Waals surface area contributed by atoms with Gasteiger partial charge in [-0.15, -0.1) is 0 Å². The van der Waals surface area contributed by atoms with E-state index in [2.05, 4.69) is 44.0 Å². The summed E-state index contributed by atoms with van der Waals surface area (Å²) in [5, 5.41) is 19.6. The summed E-state index contributed by atoms with van der Waals surface area (Å²) in [6.07, 6.45) is 5.24. The molecule has 390 valence electrons. The third kappa shape index (κ3) is 17.7. The average Bonchev–Trinajstić information content (AvgIpc) is 4.05. The number of carbonyl (C=O) groups excluding carboxylic acids is 2. The smallest absolute Gasteiger partial charge is 0.336 e. The molecular weight excluding hydrogens is 1030 g/mol. The number of nitro groups is 1. The number of halogens is 2. The summed E-state index contributed by atoms with van der Waals surface area (Å²) >= 11 is 13.2. The molecule has 2 aromatic heterocycles. The van der Waals surface area contributed by atoms with Crippen LogP contribution in [0.2, 0.25) is 10.0 Å². The SMILES string of the molecule is CC(=O)O.CCOC(=O)CN(Cc1ccc(CN2CCCC2)cc1)c1c(Cl)c(OCCOC)nc(N)c1[N+](=O)[O-].COCCOc1nc(N)c2c(c1Cl)N(Cc1ccc(CN3CCCC3)cc1)CC(=O)C2.[2HH].[Zn]. The van der Waals surface area contributed by atoms with E-state index in [1.54, 1.807) is 14.0 Å². The third-order valence-corrected chi connectivity index (χ3v) is 12.2. The number of nitrogen functional groups attached to an aromatic ring is 2. The standard InChI is InChI=1S/C24H32ClN5O6.C23H29ClN4O3.C2H4O2.Zn.H2/c1-3-35-19(31)16-29(15-18-8-6-17(7-9-18)14-28-10-4-5-11-28)21-20(25)24(36-13-12-34-2)27-23(26)22(21)30(32)33;1-30-10-11-31-23-20(24)21-19(22(25)26-23)12-18(29)15-28(21)14-17-6-4-16(5-7-17)13-27-8-2-3-9-27;1-2(3)4;;/h6-9H,3-5,10-16H2,1-2H3,(H2,26,27);4-7H,2-3,8-15H2,1H3,(H2,25,26);1H3,(H,3,4);;1H/i;;;;1+1. The summed E-state index contributed by atoms with van der Waals surface area (Å²) in [5.74, 6) is -1.20. The molecule has 0 radical (unpaired) electrons. The Morgan fingerprint density at radius 2 is 1.25 bits per heavy atom. The number of pyridine rings is 2. The second kappa shape index (κ2) is 29.9. The minimum atomic E-state index is -0.833. The number of benzene rings is 2. The number of carbonyl (C=O) groups is 3. The van der Waals surface area contributed by atoms with Crippen LogP contribution in [-0.2, 0) is 80.7 Å². The maximum Gasteiger partial charge on any atom is 0.336 e. The number of nitrogens with two attached hydrogens (primary N) is 2. The maximum absolute atomic E-state index is 12.5. The van der Waals surface area contributed by atoms with Gasteiger partial charge < -0.3 is 50.1 Å². The monoisotopic (exact) mass is 1090 g/mol. The van der Waals surface area contributed by atoms with Crippen LogP contribution in [0.5, 0.6) is 11.8 Å². The van der Waals surface area contributed by atoms with Gasteiger partial charge in [0.25, 0.3) is 5.97 Å². The number of carboxylic acid groups (broad SMARTS) is 1. The number of likely N-dealkylation sites (tertiary alicyclic amines) is 2. The predicted octanol–water partition coefficient (Wildman–Crippen LogP) is 6.82. The number of methoxy groups -OCH3 is 2. The third-order valence-electron chi connectivity index (χ3n) is 11.5. The van der Waals surface area contributed by atoms with E-state index in [0.717, 1.165) is 49.9 Å². The number of esters is 1. The minimum Gasteiger partial charge on any atom is -0.481 e. The minimum absolute atomic E-state index is 0. The summed E-state index contributed by atoms with van der Waals surface area (Å²) in [6.45, 7) is 11.1. The van der Waals surface area contributed by atoms with E-state index in [4.69, 9.17) is 68.3 Å². The van der Waals surface area contributed by atoms with E-state index in [1.807, 2.05) is 29.2 Å². The zero-order valence-electron chi connectivity index (χ0n) is 41.5. The Morgan fingerprint density at radius 1 is 0.792 bits per heavy atom. The van der Waals surface area contributed by atoms with Crippen LogP contribution in [0.25, 0.3) is 0 Å². The number of carboxylic acids is 1. The number of aliphatic carboxylic acids is 1. The first-order chi connectivity index (χ1) is 34.1. The van der Waals surface area contributed by atoms with Gasteiger partial charge >= 0.3 is 11.7 Å². The Kier molecular flexibility index (Phi) is 24.6. The molecule has 7 rings (SSSR count). The molecule has 5 N–H and O–H groups in total. The van der Waals surface area contributed by atoms with Crippen molar-refractivity contribution < 1.29 is 69.0 Å². The summed E-state index contributed by atoms with van der Waals surface area (Å²) in [7, 11) is 3.11. The maximum atomic E-state index is 12.5. The van der Waals surface area contributed by atoms with Gasteiger partial charge in [0.2, 0.25) is 17.6 Å². The summed E-state index contributed by atoms with van der Waals surface area (Å²) in [6, 6.07) is 16.5. The molecule has 0 spiro atoms. The van der Waals surface area contributed by atoms with Gasteiger partial charge in [-0.25, -0.2) is 0 Å². The molecule has 2 saturated heterocycles. The van der Waals surface area contributed by atoms with Gasteiger partial charge in [-0.3, -0.25) is 34.3 Å². The number of aromatic nitrogens is 2. The molecule has 2 aromatic carbocycles. The molecule has 0 amide bonds. The van der Waals surface area contributed by atoms with Crippen LogP contribution in [0, 0.1) is 10.1 Å². The fourth-order valence-electron chi connectivity index (χ4n) is 8.32. The second-order valence-electron chi connectivity index (χ2n) is 17.0. The Labute approximate surface area is 444 Å². The number of hydrogen-bond donors (Lipinski definition) is 3. The molecule has 23 heteroatoms. The number of hydrogen-bond acceptors (Lipinski definition) is 18.